The van der Waals surface area contributed by atoms with Crippen LogP contribution in [0.4, 0.5) is 5.69 Å². The van der Waals surface area contributed by atoms with Crippen molar-refractivity contribution in [2.75, 3.05) is 5.73 Å². The van der Waals surface area contributed by atoms with Crippen LogP contribution in [-0.4, -0.2) is 5.91 Å². The topological polar surface area (TPSA) is 69.1 Å². The van der Waals surface area contributed by atoms with E-state index in [0.29, 0.717) is 11.3 Å². The minimum Gasteiger partial charge on any atom is -0.399 e. The van der Waals surface area contributed by atoms with E-state index in [1.165, 1.54) is 0 Å². The fraction of sp³-hybridized carbons (Fsp3) is 0. The number of hydrogen-bond donors (Lipinski definition) is 2. The van der Waals surface area contributed by atoms with Gasteiger partial charge in [-0.1, -0.05) is 18.2 Å². The first-order valence-corrected chi connectivity index (χ1v) is 4.26. The van der Waals surface area contributed by atoms with E-state index in [9.17, 15) is 4.79 Å². The zero-order valence-electron chi connectivity index (χ0n) is 7.53. The molecule has 0 unspecified atom stereocenters. The predicted molar refractivity (Wildman–Crippen MR) is 56.9 cm³/mol. The first kappa shape index (κ1) is 8.56. The van der Waals surface area contributed by atoms with E-state index in [1.54, 1.807) is 18.2 Å². The third-order valence-electron chi connectivity index (χ3n) is 2.17. The molecule has 0 heterocycles. The molecule has 0 radical (unpaired) electrons. The zero-order chi connectivity index (χ0) is 10.1. The SMILES string of the molecule is NC(=O)c1cccc2cc(N)ccc12. The summed E-state index contributed by atoms with van der Waals surface area (Å²) < 4.78 is 0. The Labute approximate surface area is 81.3 Å². The number of amides is 1. The fourth-order valence-electron chi connectivity index (χ4n) is 1.52. The lowest BCUT2D eigenvalue weighted by molar-refractivity contribution is 0.100. The lowest BCUT2D eigenvalue weighted by atomic mass is 10.0. The molecule has 14 heavy (non-hydrogen) atoms. The minimum absolute atomic E-state index is 0.416. The number of nitrogen functional groups attached to an aromatic ring is 1. The van der Waals surface area contributed by atoms with Crippen LogP contribution < -0.4 is 11.5 Å². The number of carbonyl (C=O) groups excluding carboxylic acids is 1. The van der Waals surface area contributed by atoms with Gasteiger partial charge in [0.2, 0.25) is 5.91 Å². The van der Waals surface area contributed by atoms with Crippen molar-refractivity contribution in [2.24, 2.45) is 5.73 Å². The zero-order valence-corrected chi connectivity index (χ0v) is 7.53. The number of hydrogen-bond acceptors (Lipinski definition) is 2. The normalized spacial score (nSPS) is 10.3. The molecule has 2 aromatic carbocycles. The number of anilines is 1. The highest BCUT2D eigenvalue weighted by Gasteiger charge is 2.05. The minimum atomic E-state index is -0.416. The van der Waals surface area contributed by atoms with Crippen molar-refractivity contribution in [3.63, 3.8) is 0 Å². The lowest BCUT2D eigenvalue weighted by Gasteiger charge is -2.03. The van der Waals surface area contributed by atoms with Gasteiger partial charge in [-0.3, -0.25) is 4.79 Å². The number of nitrogens with two attached hydrogens (primary N) is 2. The molecule has 0 atom stereocenters. The van der Waals surface area contributed by atoms with Gasteiger partial charge in [-0.25, -0.2) is 0 Å². The summed E-state index contributed by atoms with van der Waals surface area (Å²) >= 11 is 0. The first-order valence-electron chi connectivity index (χ1n) is 4.26. The van der Waals surface area contributed by atoms with Crippen molar-refractivity contribution in [1.82, 2.24) is 0 Å². The summed E-state index contributed by atoms with van der Waals surface area (Å²) in [6.07, 6.45) is 0. The Morgan fingerprint density at radius 2 is 1.93 bits per heavy atom. The Kier molecular flexibility index (Phi) is 1.85. The number of fused-ring (bicyclic) bond motifs is 1. The van der Waals surface area contributed by atoms with Crippen molar-refractivity contribution >= 4 is 22.4 Å². The molecule has 0 saturated heterocycles. The van der Waals surface area contributed by atoms with Crippen molar-refractivity contribution < 1.29 is 4.79 Å². The van der Waals surface area contributed by atoms with Crippen LogP contribution in [0.3, 0.4) is 0 Å². The van der Waals surface area contributed by atoms with Gasteiger partial charge in [0.1, 0.15) is 0 Å². The summed E-state index contributed by atoms with van der Waals surface area (Å²) in [5, 5.41) is 1.77. The molecule has 0 saturated carbocycles. The van der Waals surface area contributed by atoms with Crippen molar-refractivity contribution in [2.45, 2.75) is 0 Å². The van der Waals surface area contributed by atoms with E-state index >= 15 is 0 Å². The molecule has 0 bridgehead atoms. The van der Waals surface area contributed by atoms with E-state index < -0.39 is 5.91 Å². The second-order valence-corrected chi connectivity index (χ2v) is 3.15. The van der Waals surface area contributed by atoms with Gasteiger partial charge in [-0.15, -0.1) is 0 Å². The van der Waals surface area contributed by atoms with Crippen LogP contribution >= 0.6 is 0 Å². The highest BCUT2D eigenvalue weighted by atomic mass is 16.1. The Bertz CT molecular complexity index is 506. The van der Waals surface area contributed by atoms with E-state index in [1.807, 2.05) is 18.2 Å². The molecule has 1 amide bonds. The maximum atomic E-state index is 11.1. The van der Waals surface area contributed by atoms with Crippen LogP contribution in [-0.2, 0) is 0 Å². The smallest absolute Gasteiger partial charge is 0.249 e. The lowest BCUT2D eigenvalue weighted by Crippen LogP contribution is -2.11. The number of benzene rings is 2. The summed E-state index contributed by atoms with van der Waals surface area (Å²) in [6.45, 7) is 0. The van der Waals surface area contributed by atoms with Crippen molar-refractivity contribution in [3.8, 4) is 0 Å². The molecular formula is C11H10N2O. The van der Waals surface area contributed by atoms with Crippen LogP contribution in [0.5, 0.6) is 0 Å². The maximum Gasteiger partial charge on any atom is 0.249 e. The summed E-state index contributed by atoms with van der Waals surface area (Å²) in [4.78, 5) is 11.1. The van der Waals surface area contributed by atoms with E-state index in [0.717, 1.165) is 10.8 Å². The Morgan fingerprint density at radius 3 is 2.64 bits per heavy atom. The fourth-order valence-corrected chi connectivity index (χ4v) is 1.52. The van der Waals surface area contributed by atoms with Crippen LogP contribution in [0, 0.1) is 0 Å². The van der Waals surface area contributed by atoms with Gasteiger partial charge in [0.25, 0.3) is 0 Å². The molecule has 0 fully saturated rings. The standard InChI is InChI=1S/C11H10N2O/c12-8-4-5-9-7(6-8)2-1-3-10(9)11(13)14/h1-6H,12H2,(H2,13,14). The average Bonchev–Trinajstić information content (AvgIpc) is 2.16. The molecule has 0 spiro atoms. The Morgan fingerprint density at radius 1 is 1.14 bits per heavy atom. The highest BCUT2D eigenvalue weighted by Crippen LogP contribution is 2.20. The van der Waals surface area contributed by atoms with Crippen molar-refractivity contribution in [1.29, 1.82) is 0 Å². The molecule has 3 nitrogen and oxygen atoms in total. The number of primary amides is 1. The summed E-state index contributed by atoms with van der Waals surface area (Å²) in [7, 11) is 0. The van der Waals surface area contributed by atoms with Crippen molar-refractivity contribution in [3.05, 3.63) is 42.0 Å². The first-order chi connectivity index (χ1) is 6.68. The summed E-state index contributed by atoms with van der Waals surface area (Å²) in [5.74, 6) is -0.416. The number of carbonyl (C=O) groups is 1. The maximum absolute atomic E-state index is 11.1. The second-order valence-electron chi connectivity index (χ2n) is 3.15. The van der Waals surface area contributed by atoms with E-state index in [2.05, 4.69) is 0 Å². The van der Waals surface area contributed by atoms with Gasteiger partial charge in [-0.2, -0.15) is 0 Å². The molecular weight excluding hydrogens is 176 g/mol. The van der Waals surface area contributed by atoms with Gasteiger partial charge in [0, 0.05) is 11.3 Å². The highest BCUT2D eigenvalue weighted by molar-refractivity contribution is 6.06. The van der Waals surface area contributed by atoms with Crippen LogP contribution in [0.2, 0.25) is 0 Å². The van der Waals surface area contributed by atoms with E-state index in [4.69, 9.17) is 11.5 Å². The molecule has 0 aromatic heterocycles. The molecule has 70 valence electrons. The average molecular weight is 186 g/mol. The quantitative estimate of drug-likeness (QED) is 0.663. The van der Waals surface area contributed by atoms with Gasteiger partial charge in [-0.05, 0) is 29.0 Å². The summed E-state index contributed by atoms with van der Waals surface area (Å²) in [6, 6.07) is 10.8. The molecule has 2 aromatic rings. The third kappa shape index (κ3) is 1.29. The molecule has 4 N–H and O–H groups in total. The molecule has 0 aliphatic rings. The second kappa shape index (κ2) is 3.03. The third-order valence-corrected chi connectivity index (χ3v) is 2.17. The van der Waals surface area contributed by atoms with Crippen LogP contribution in [0.1, 0.15) is 10.4 Å². The largest absolute Gasteiger partial charge is 0.399 e. The monoisotopic (exact) mass is 186 g/mol. The summed E-state index contributed by atoms with van der Waals surface area (Å²) in [5.41, 5.74) is 12.1. The Balaban J connectivity index is 2.81. The van der Waals surface area contributed by atoms with Gasteiger partial charge in [0.05, 0.1) is 0 Å². The van der Waals surface area contributed by atoms with Crippen LogP contribution in [0.15, 0.2) is 36.4 Å². The van der Waals surface area contributed by atoms with E-state index in [-0.39, 0.29) is 0 Å². The van der Waals surface area contributed by atoms with Crippen LogP contribution in [0.25, 0.3) is 10.8 Å². The number of rotatable bonds is 1. The Hall–Kier alpha value is -2.03. The van der Waals surface area contributed by atoms with Gasteiger partial charge in [0.15, 0.2) is 0 Å². The molecule has 2 rings (SSSR count). The van der Waals surface area contributed by atoms with Gasteiger partial charge >= 0.3 is 0 Å². The predicted octanol–water partition coefficient (Wildman–Crippen LogP) is 1.52. The molecule has 0 aliphatic carbocycles. The van der Waals surface area contributed by atoms with Gasteiger partial charge < -0.3 is 11.5 Å². The molecule has 0 aliphatic heterocycles. The molecule has 3 heteroatoms.